The van der Waals surface area contributed by atoms with Crippen LogP contribution < -0.4 is 10.6 Å². The lowest BCUT2D eigenvalue weighted by Crippen LogP contribution is -2.47. The minimum Gasteiger partial charge on any atom is -0.460 e. The summed E-state index contributed by atoms with van der Waals surface area (Å²) in [5.74, 6) is -2.71. The van der Waals surface area contributed by atoms with Crippen LogP contribution in [0.1, 0.15) is 70.7 Å². The number of nitrogens with one attached hydrogen (secondary N) is 4. The highest BCUT2D eigenvalue weighted by Gasteiger charge is 2.31. The van der Waals surface area contributed by atoms with Gasteiger partial charge in [0, 0.05) is 50.0 Å². The fraction of sp³-hybridized carbons (Fsp3) is 0.200. The number of fused-ring (bicyclic) bond motifs is 8. The van der Waals surface area contributed by atoms with Crippen molar-refractivity contribution in [1.82, 2.24) is 25.3 Å². The van der Waals surface area contributed by atoms with Crippen LogP contribution in [0.2, 0.25) is 0 Å². The number of carbonyl (C=O) groups excluding carboxylic acids is 4. The molecule has 1 atom stereocenters. The van der Waals surface area contributed by atoms with Gasteiger partial charge < -0.3 is 34.8 Å². The van der Waals surface area contributed by atoms with Gasteiger partial charge >= 0.3 is 11.9 Å². The topological polar surface area (TPSA) is 177 Å². The molecule has 9 rings (SSSR count). The highest BCUT2D eigenvalue weighted by atomic mass is 16.6. The van der Waals surface area contributed by atoms with Crippen LogP contribution in [0.15, 0.2) is 140 Å². The zero-order valence-electron chi connectivity index (χ0n) is 41.5. The van der Waals surface area contributed by atoms with Crippen LogP contribution in [0, 0.1) is 0 Å². The molecule has 8 bridgehead atoms. The second kappa shape index (κ2) is 21.0. The fourth-order valence-corrected chi connectivity index (χ4v) is 8.74. The van der Waals surface area contributed by atoms with Crippen molar-refractivity contribution in [2.75, 3.05) is 18.5 Å². The van der Waals surface area contributed by atoms with E-state index in [9.17, 15) is 19.2 Å². The molecule has 0 saturated carbocycles. The number of H-pyrrole nitrogens is 2. The summed E-state index contributed by atoms with van der Waals surface area (Å²) in [4.78, 5) is 69.9. The Balaban J connectivity index is 1.05. The number of rotatable bonds is 13. The standard InChI is InChI=1S/C60H56N6O7/c1-59(2,3)72-53(69)34-50(58(70)73-60(4,5)6)66-52(68)36-71-35-51(67)61-41-24-22-40(23-25-41)57-48-32-30-46(64-48)55(38-18-12-8-13-19-38)44-28-26-42(62-44)54(37-16-10-7-11-17-37)43-27-29-45(63-43)56(39-20-14-9-15-21-39)47-31-33-49(57)65-47/h7-33,50,62,65H,34-36H2,1-6H3,(H,61,67)(H,66,68)/t50-/m0/s1. The molecular weight excluding hydrogens is 917 g/mol. The van der Waals surface area contributed by atoms with Crippen LogP contribution >= 0.6 is 0 Å². The molecule has 5 heterocycles. The van der Waals surface area contributed by atoms with Gasteiger partial charge in [0.05, 0.1) is 29.2 Å². The highest BCUT2D eigenvalue weighted by molar-refractivity contribution is 6.00. The Morgan fingerprint density at radius 3 is 1.23 bits per heavy atom. The number of aromatic nitrogens is 4. The molecule has 0 spiro atoms. The summed E-state index contributed by atoms with van der Waals surface area (Å²) in [5.41, 5.74) is 13.0. The Hall–Kier alpha value is -8.68. The normalized spacial score (nSPS) is 12.5. The van der Waals surface area contributed by atoms with Crippen molar-refractivity contribution >= 4 is 75.8 Å². The van der Waals surface area contributed by atoms with Gasteiger partial charge in [-0.05, 0) is 124 Å². The largest absolute Gasteiger partial charge is 0.460 e. The van der Waals surface area contributed by atoms with E-state index in [1.165, 1.54) is 0 Å². The van der Waals surface area contributed by atoms with E-state index in [1.54, 1.807) is 53.7 Å². The number of ether oxygens (including phenoxy) is 3. The number of benzene rings is 4. The first-order valence-electron chi connectivity index (χ1n) is 24.1. The number of hydrogen-bond acceptors (Lipinski definition) is 9. The van der Waals surface area contributed by atoms with Crippen LogP contribution in [0.4, 0.5) is 5.69 Å². The molecule has 3 aromatic heterocycles. The molecule has 368 valence electrons. The molecule has 0 unspecified atom stereocenters. The molecule has 7 aromatic rings. The Bertz CT molecular complexity index is 3400. The molecule has 2 amide bonds. The van der Waals surface area contributed by atoms with E-state index in [1.807, 2.05) is 78.9 Å². The van der Waals surface area contributed by atoms with E-state index in [2.05, 4.69) is 93.4 Å². The number of nitrogens with zero attached hydrogens (tertiary/aromatic N) is 2. The molecule has 13 nitrogen and oxygen atoms in total. The number of amides is 2. The predicted octanol–water partition coefficient (Wildman–Crippen LogP) is 11.8. The summed E-state index contributed by atoms with van der Waals surface area (Å²) in [6, 6.07) is 45.2. The molecule has 73 heavy (non-hydrogen) atoms. The van der Waals surface area contributed by atoms with Crippen LogP contribution in [0.3, 0.4) is 0 Å². The van der Waals surface area contributed by atoms with Crippen LogP contribution in [-0.2, 0) is 33.4 Å². The summed E-state index contributed by atoms with van der Waals surface area (Å²) in [6.45, 7) is 9.11. The van der Waals surface area contributed by atoms with Gasteiger partial charge in [-0.25, -0.2) is 14.8 Å². The monoisotopic (exact) mass is 972 g/mol. The molecule has 2 aliphatic rings. The molecule has 2 aliphatic heterocycles. The molecule has 0 radical (unpaired) electrons. The Labute approximate surface area is 423 Å². The van der Waals surface area contributed by atoms with E-state index in [-0.39, 0.29) is 0 Å². The maximum Gasteiger partial charge on any atom is 0.329 e. The van der Waals surface area contributed by atoms with Gasteiger partial charge in [0.1, 0.15) is 30.5 Å². The molecule has 4 aromatic carbocycles. The van der Waals surface area contributed by atoms with Crippen LogP contribution in [0.25, 0.3) is 90.9 Å². The van der Waals surface area contributed by atoms with Crippen molar-refractivity contribution in [1.29, 1.82) is 0 Å². The smallest absolute Gasteiger partial charge is 0.329 e. The summed E-state index contributed by atoms with van der Waals surface area (Å²) in [5, 5.41) is 5.33. The van der Waals surface area contributed by atoms with Crippen LogP contribution in [0.5, 0.6) is 0 Å². The van der Waals surface area contributed by atoms with Crippen molar-refractivity contribution in [3.05, 3.63) is 162 Å². The van der Waals surface area contributed by atoms with Gasteiger partial charge in [-0.1, -0.05) is 103 Å². The van der Waals surface area contributed by atoms with Crippen molar-refractivity contribution in [2.24, 2.45) is 0 Å². The van der Waals surface area contributed by atoms with E-state index in [0.717, 1.165) is 89.4 Å². The third kappa shape index (κ3) is 11.9. The maximum atomic E-state index is 13.2. The first kappa shape index (κ1) is 49.3. The maximum absolute atomic E-state index is 13.2. The molecule has 13 heteroatoms. The summed E-state index contributed by atoms with van der Waals surface area (Å²) < 4.78 is 16.2. The number of anilines is 1. The van der Waals surface area contributed by atoms with E-state index >= 15 is 0 Å². The van der Waals surface area contributed by atoms with Gasteiger partial charge in [0.15, 0.2) is 0 Å². The molecule has 0 saturated heterocycles. The van der Waals surface area contributed by atoms with Gasteiger partial charge in [-0.2, -0.15) is 0 Å². The molecule has 4 N–H and O–H groups in total. The van der Waals surface area contributed by atoms with Crippen molar-refractivity contribution in [2.45, 2.75) is 65.2 Å². The predicted molar refractivity (Wildman–Crippen MR) is 288 cm³/mol. The third-order valence-electron chi connectivity index (χ3n) is 11.7. The highest BCUT2D eigenvalue weighted by Crippen LogP contribution is 2.38. The number of carbonyl (C=O) groups is 4. The average Bonchev–Trinajstić information content (AvgIpc) is 4.20. The molecule has 0 aliphatic carbocycles. The zero-order chi connectivity index (χ0) is 51.3. The van der Waals surface area contributed by atoms with Gasteiger partial charge in [-0.15, -0.1) is 0 Å². The van der Waals surface area contributed by atoms with Crippen molar-refractivity contribution < 1.29 is 33.4 Å². The first-order valence-corrected chi connectivity index (χ1v) is 24.1. The lowest BCUT2D eigenvalue weighted by Gasteiger charge is -2.25. The van der Waals surface area contributed by atoms with E-state index in [4.69, 9.17) is 24.2 Å². The van der Waals surface area contributed by atoms with Gasteiger partial charge in [-0.3, -0.25) is 14.4 Å². The second-order valence-corrected chi connectivity index (χ2v) is 19.7. The zero-order valence-corrected chi connectivity index (χ0v) is 41.5. The van der Waals surface area contributed by atoms with Crippen molar-refractivity contribution in [3.8, 4) is 44.5 Å². The van der Waals surface area contributed by atoms with Gasteiger partial charge in [0.25, 0.3) is 0 Å². The Morgan fingerprint density at radius 2 is 0.849 bits per heavy atom. The summed E-state index contributed by atoms with van der Waals surface area (Å²) >= 11 is 0. The van der Waals surface area contributed by atoms with Crippen molar-refractivity contribution in [3.63, 3.8) is 0 Å². The minimum absolute atomic E-state index is 0.446. The molecular formula is C60H56N6O7. The van der Waals surface area contributed by atoms with E-state index in [0.29, 0.717) is 5.69 Å². The number of aromatic amines is 2. The first-order chi connectivity index (χ1) is 35.0. The molecule has 0 fully saturated rings. The fourth-order valence-electron chi connectivity index (χ4n) is 8.74. The Kier molecular flexibility index (Phi) is 14.2. The average molecular weight is 973 g/mol. The lowest BCUT2D eigenvalue weighted by atomic mass is 10.0. The quantitative estimate of drug-likeness (QED) is 0.0819. The second-order valence-electron chi connectivity index (χ2n) is 19.7. The number of esters is 2. The summed E-state index contributed by atoms with van der Waals surface area (Å²) in [7, 11) is 0. The SMILES string of the molecule is CC(C)(C)OC(=O)C[C@H](NC(=O)COCC(=O)Nc1ccc(-c2c3nc(c(-c4ccccc4)c4ccc([nH]4)c(-c4ccccc4)c4nc(c(-c5ccccc5)c5ccc2[nH]5)C=C4)C=C3)cc1)C(=O)OC(C)(C)C. The van der Waals surface area contributed by atoms with Crippen LogP contribution in [-0.4, -0.2) is 74.1 Å². The Morgan fingerprint density at radius 1 is 0.479 bits per heavy atom. The lowest BCUT2D eigenvalue weighted by molar-refractivity contribution is -0.165. The third-order valence-corrected chi connectivity index (χ3v) is 11.7. The van der Waals surface area contributed by atoms with E-state index < -0.39 is 60.6 Å². The summed E-state index contributed by atoms with van der Waals surface area (Å²) in [6.07, 6.45) is 7.78. The minimum atomic E-state index is -1.32. The van der Waals surface area contributed by atoms with Gasteiger partial charge in [0.2, 0.25) is 11.8 Å². The number of hydrogen-bond donors (Lipinski definition) is 4.